The van der Waals surface area contributed by atoms with Gasteiger partial charge in [0.2, 0.25) is 0 Å². The number of ether oxygens (including phenoxy) is 1. The summed E-state index contributed by atoms with van der Waals surface area (Å²) >= 11 is 1.46. The highest BCUT2D eigenvalue weighted by Crippen LogP contribution is 2.27. The molecule has 122 valence electrons. The van der Waals surface area contributed by atoms with E-state index in [1.807, 2.05) is 6.92 Å². The van der Waals surface area contributed by atoms with Gasteiger partial charge in [-0.15, -0.1) is 11.3 Å². The minimum atomic E-state index is -3.61. The van der Waals surface area contributed by atoms with Crippen LogP contribution in [0.2, 0.25) is 0 Å². The Morgan fingerprint density at radius 2 is 2.09 bits per heavy atom. The number of thiophene rings is 1. The molecular weight excluding hydrogens is 332 g/mol. The summed E-state index contributed by atoms with van der Waals surface area (Å²) in [6, 6.07) is 10.5. The van der Waals surface area contributed by atoms with Gasteiger partial charge in [-0.3, -0.25) is 4.72 Å². The van der Waals surface area contributed by atoms with Crippen LogP contribution in [0.1, 0.15) is 22.6 Å². The van der Waals surface area contributed by atoms with Gasteiger partial charge in [0.15, 0.2) is 0 Å². The zero-order valence-electron chi connectivity index (χ0n) is 13.0. The van der Waals surface area contributed by atoms with E-state index in [9.17, 15) is 8.42 Å². The molecule has 0 spiro atoms. The predicted molar refractivity (Wildman–Crippen MR) is 91.4 cm³/mol. The number of unbranched alkanes of at least 4 members (excludes halogenated alkanes) is 1. The molecular formula is C16H18N2O3S2. The van der Waals surface area contributed by atoms with Crippen molar-refractivity contribution in [2.24, 2.45) is 0 Å². The Labute approximate surface area is 140 Å². The number of nitriles is 1. The highest BCUT2D eigenvalue weighted by atomic mass is 32.2. The van der Waals surface area contributed by atoms with E-state index >= 15 is 0 Å². The molecule has 1 heterocycles. The monoisotopic (exact) mass is 350 g/mol. The van der Waals surface area contributed by atoms with E-state index in [1.165, 1.54) is 11.3 Å². The molecule has 0 unspecified atom stereocenters. The van der Waals surface area contributed by atoms with Gasteiger partial charge in [-0.2, -0.15) is 5.26 Å². The van der Waals surface area contributed by atoms with Crippen molar-refractivity contribution in [1.82, 2.24) is 0 Å². The van der Waals surface area contributed by atoms with Crippen molar-refractivity contribution in [2.45, 2.75) is 31.6 Å². The Hall–Kier alpha value is -2.04. The smallest absolute Gasteiger partial charge is 0.263 e. The average molecular weight is 350 g/mol. The topological polar surface area (TPSA) is 79.2 Å². The zero-order valence-corrected chi connectivity index (χ0v) is 14.6. The number of benzene rings is 1. The Balaban J connectivity index is 2.11. The fourth-order valence-corrected chi connectivity index (χ4v) is 4.68. The molecule has 0 saturated heterocycles. The second kappa shape index (κ2) is 7.49. The first-order chi connectivity index (χ1) is 10.9. The van der Waals surface area contributed by atoms with E-state index in [1.54, 1.807) is 37.3 Å². The summed E-state index contributed by atoms with van der Waals surface area (Å²) in [6.45, 7) is 4.10. The van der Waals surface area contributed by atoms with Crippen LogP contribution in [-0.4, -0.2) is 15.0 Å². The van der Waals surface area contributed by atoms with Gasteiger partial charge >= 0.3 is 0 Å². The number of nitrogens with one attached hydrogen (secondary N) is 1. The van der Waals surface area contributed by atoms with Crippen molar-refractivity contribution in [1.29, 1.82) is 5.26 Å². The van der Waals surface area contributed by atoms with E-state index in [2.05, 4.69) is 10.8 Å². The molecule has 0 aliphatic carbocycles. The van der Waals surface area contributed by atoms with Crippen LogP contribution in [0.4, 0.5) is 5.69 Å². The van der Waals surface area contributed by atoms with Gasteiger partial charge in [-0.05, 0) is 38.5 Å². The number of anilines is 1. The fourth-order valence-electron chi connectivity index (χ4n) is 2.08. The Kier molecular flexibility index (Phi) is 5.64. The lowest BCUT2D eigenvalue weighted by atomic mass is 10.3. The number of sulfonamides is 1. The van der Waals surface area contributed by atoms with Crippen LogP contribution in [0, 0.1) is 25.2 Å². The summed E-state index contributed by atoms with van der Waals surface area (Å²) in [5.41, 5.74) is 0.450. The molecule has 0 atom stereocenters. The number of nitrogens with zero attached hydrogens (tertiary/aromatic N) is 1. The van der Waals surface area contributed by atoms with Crippen molar-refractivity contribution in [3.63, 3.8) is 0 Å². The highest BCUT2D eigenvalue weighted by molar-refractivity contribution is 7.93. The minimum Gasteiger partial charge on any atom is -0.493 e. The Bertz CT molecular complexity index is 820. The number of rotatable bonds is 7. The van der Waals surface area contributed by atoms with Crippen molar-refractivity contribution in [3.8, 4) is 11.8 Å². The van der Waals surface area contributed by atoms with Gasteiger partial charge in [-0.25, -0.2) is 8.42 Å². The van der Waals surface area contributed by atoms with Crippen LogP contribution >= 0.6 is 11.3 Å². The van der Waals surface area contributed by atoms with Crippen LogP contribution in [0.5, 0.6) is 5.75 Å². The molecule has 1 aromatic carbocycles. The summed E-state index contributed by atoms with van der Waals surface area (Å²) < 4.78 is 33.0. The molecule has 0 aliphatic heterocycles. The van der Waals surface area contributed by atoms with Gasteiger partial charge in [0, 0.05) is 22.2 Å². The molecule has 0 bridgehead atoms. The molecule has 23 heavy (non-hydrogen) atoms. The van der Waals surface area contributed by atoms with Gasteiger partial charge in [0.1, 0.15) is 10.6 Å². The number of hydrogen-bond donors (Lipinski definition) is 1. The molecule has 0 aliphatic rings. The standard InChI is InChI=1S/C16H18N2O3S2/c1-12-10-16(13(2)22-12)23(19,20)18-14-6-5-7-15(11-14)21-9-4-3-8-17/h5-7,10-11,18H,3-4,9H2,1-2H3. The summed E-state index contributed by atoms with van der Waals surface area (Å²) in [6.07, 6.45) is 1.07. The second-order valence-corrected chi connectivity index (χ2v) is 8.13. The molecule has 1 N–H and O–H groups in total. The highest BCUT2D eigenvalue weighted by Gasteiger charge is 2.19. The third kappa shape index (κ3) is 4.71. The van der Waals surface area contributed by atoms with Crippen LogP contribution < -0.4 is 9.46 Å². The number of aryl methyl sites for hydroxylation is 2. The molecule has 2 rings (SSSR count). The minimum absolute atomic E-state index is 0.306. The zero-order chi connectivity index (χ0) is 16.9. The van der Waals surface area contributed by atoms with Crippen LogP contribution in [0.15, 0.2) is 35.2 Å². The van der Waals surface area contributed by atoms with E-state index in [4.69, 9.17) is 10.00 Å². The maximum atomic E-state index is 12.5. The van der Waals surface area contributed by atoms with Gasteiger partial charge < -0.3 is 4.74 Å². The first-order valence-corrected chi connectivity index (χ1v) is 9.42. The van der Waals surface area contributed by atoms with Crippen molar-refractivity contribution >= 4 is 27.0 Å². The lowest BCUT2D eigenvalue weighted by Gasteiger charge is -2.10. The lowest BCUT2D eigenvalue weighted by molar-refractivity contribution is 0.313. The summed E-state index contributed by atoms with van der Waals surface area (Å²) in [5, 5.41) is 8.49. The summed E-state index contributed by atoms with van der Waals surface area (Å²) in [5.74, 6) is 0.571. The summed E-state index contributed by atoms with van der Waals surface area (Å²) in [4.78, 5) is 2.02. The number of hydrogen-bond acceptors (Lipinski definition) is 5. The van der Waals surface area contributed by atoms with Crippen LogP contribution in [-0.2, 0) is 10.0 Å². The Morgan fingerprint density at radius 3 is 2.74 bits per heavy atom. The second-order valence-electron chi connectivity index (χ2n) is 5.02. The Morgan fingerprint density at radius 1 is 1.30 bits per heavy atom. The van der Waals surface area contributed by atoms with E-state index < -0.39 is 10.0 Å². The van der Waals surface area contributed by atoms with E-state index in [-0.39, 0.29) is 0 Å². The van der Waals surface area contributed by atoms with E-state index in [0.717, 1.165) is 9.75 Å². The molecule has 0 saturated carbocycles. The fraction of sp³-hybridized carbons (Fsp3) is 0.312. The van der Waals surface area contributed by atoms with E-state index in [0.29, 0.717) is 35.8 Å². The molecule has 1 aromatic heterocycles. The van der Waals surface area contributed by atoms with Crippen LogP contribution in [0.25, 0.3) is 0 Å². The maximum Gasteiger partial charge on any atom is 0.263 e. The average Bonchev–Trinajstić information content (AvgIpc) is 2.83. The molecule has 7 heteroatoms. The predicted octanol–water partition coefficient (Wildman–Crippen LogP) is 3.85. The largest absolute Gasteiger partial charge is 0.493 e. The van der Waals surface area contributed by atoms with Gasteiger partial charge in [0.25, 0.3) is 10.0 Å². The first kappa shape index (κ1) is 17.3. The van der Waals surface area contributed by atoms with Crippen LogP contribution in [0.3, 0.4) is 0 Å². The molecule has 0 radical (unpaired) electrons. The molecule has 0 amide bonds. The molecule has 2 aromatic rings. The summed E-state index contributed by atoms with van der Waals surface area (Å²) in [7, 11) is -3.61. The first-order valence-electron chi connectivity index (χ1n) is 7.12. The van der Waals surface area contributed by atoms with Crippen molar-refractivity contribution < 1.29 is 13.2 Å². The lowest BCUT2D eigenvalue weighted by Crippen LogP contribution is -2.13. The SMILES string of the molecule is Cc1cc(S(=O)(=O)Nc2cccc(OCCCC#N)c2)c(C)s1. The third-order valence-corrected chi connectivity index (χ3v) is 5.68. The molecule has 5 nitrogen and oxygen atoms in total. The van der Waals surface area contributed by atoms with Gasteiger partial charge in [0.05, 0.1) is 18.4 Å². The maximum absolute atomic E-state index is 12.5. The van der Waals surface area contributed by atoms with Crippen molar-refractivity contribution in [2.75, 3.05) is 11.3 Å². The van der Waals surface area contributed by atoms with Gasteiger partial charge in [-0.1, -0.05) is 6.07 Å². The normalized spacial score (nSPS) is 11.0. The van der Waals surface area contributed by atoms with Crippen molar-refractivity contribution in [3.05, 3.63) is 40.1 Å². The molecule has 0 fully saturated rings. The third-order valence-electron chi connectivity index (χ3n) is 3.07. The quantitative estimate of drug-likeness (QED) is 0.769.